The van der Waals surface area contributed by atoms with Gasteiger partial charge in [-0.25, -0.2) is 9.78 Å². The van der Waals surface area contributed by atoms with E-state index >= 15 is 0 Å². The van der Waals surface area contributed by atoms with E-state index in [0.717, 1.165) is 10.9 Å². The van der Waals surface area contributed by atoms with E-state index in [1.54, 1.807) is 6.20 Å². The number of rotatable bonds is 14. The Morgan fingerprint density at radius 1 is 0.949 bits per heavy atom. The van der Waals surface area contributed by atoms with Crippen molar-refractivity contribution in [3.63, 3.8) is 0 Å². The zero-order valence-electron chi connectivity index (χ0n) is 20.7. The van der Waals surface area contributed by atoms with Crippen molar-refractivity contribution in [1.29, 1.82) is 0 Å². The highest BCUT2D eigenvalue weighted by Crippen LogP contribution is 2.19. The largest absolute Gasteiger partial charge is 0.480 e. The average Bonchev–Trinajstić information content (AvgIpc) is 3.55. The number of aromatic nitrogens is 3. The number of carboxylic acids is 1. The van der Waals surface area contributed by atoms with Gasteiger partial charge in [0, 0.05) is 47.6 Å². The van der Waals surface area contributed by atoms with Crippen LogP contribution < -0.4 is 27.4 Å². The van der Waals surface area contributed by atoms with Crippen molar-refractivity contribution in [2.75, 3.05) is 5.75 Å². The summed E-state index contributed by atoms with van der Waals surface area (Å²) < 4.78 is 0. The maximum atomic E-state index is 13.5. The molecule has 14 nitrogen and oxygen atoms in total. The molecule has 0 saturated carbocycles. The van der Waals surface area contributed by atoms with E-state index in [1.165, 1.54) is 12.5 Å². The number of para-hydroxylation sites is 1. The van der Waals surface area contributed by atoms with Gasteiger partial charge in [-0.1, -0.05) is 18.2 Å². The monoisotopic (exact) mass is 558 g/mol. The van der Waals surface area contributed by atoms with Crippen LogP contribution in [0.25, 0.3) is 10.9 Å². The minimum atomic E-state index is -1.30. The Morgan fingerprint density at radius 2 is 1.59 bits per heavy atom. The molecule has 15 heteroatoms. The van der Waals surface area contributed by atoms with Crippen LogP contribution in [0.1, 0.15) is 17.7 Å². The lowest BCUT2D eigenvalue weighted by Crippen LogP contribution is -2.58. The lowest BCUT2D eigenvalue weighted by Gasteiger charge is -2.25. The van der Waals surface area contributed by atoms with Gasteiger partial charge in [0.05, 0.1) is 18.8 Å². The van der Waals surface area contributed by atoms with Crippen molar-refractivity contribution in [1.82, 2.24) is 30.9 Å². The van der Waals surface area contributed by atoms with Crippen molar-refractivity contribution in [3.05, 3.63) is 54.2 Å². The van der Waals surface area contributed by atoms with Gasteiger partial charge in [0.1, 0.15) is 18.1 Å². The van der Waals surface area contributed by atoms with Crippen molar-refractivity contribution in [2.24, 2.45) is 11.5 Å². The summed E-state index contributed by atoms with van der Waals surface area (Å²) in [5.74, 6) is -4.56. The first-order valence-corrected chi connectivity index (χ1v) is 12.5. The molecule has 0 radical (unpaired) electrons. The minimum Gasteiger partial charge on any atom is -0.480 e. The number of carboxylic acid groups (broad SMARTS) is 1. The third-order valence-corrected chi connectivity index (χ3v) is 6.26. The summed E-state index contributed by atoms with van der Waals surface area (Å²) in [6, 6.07) is 2.31. The van der Waals surface area contributed by atoms with Crippen molar-refractivity contribution >= 4 is 53.1 Å². The molecule has 208 valence electrons. The summed E-state index contributed by atoms with van der Waals surface area (Å²) in [4.78, 5) is 71.7. The number of fused-ring (bicyclic) bond motifs is 1. The number of amides is 4. The van der Waals surface area contributed by atoms with E-state index in [-0.39, 0.29) is 18.6 Å². The van der Waals surface area contributed by atoms with Crippen LogP contribution in [0.3, 0.4) is 0 Å². The second-order valence-corrected chi connectivity index (χ2v) is 9.19. The third kappa shape index (κ3) is 8.05. The molecule has 4 unspecified atom stereocenters. The molecule has 0 aliphatic carbocycles. The number of thiol groups is 1. The Kier molecular flexibility index (Phi) is 10.1. The number of aromatic amines is 2. The summed E-state index contributed by atoms with van der Waals surface area (Å²) >= 11 is 3.95. The SMILES string of the molecule is NC(=O)CC(N)C(=O)NC(Cc1c[nH]c2ccccc12)C(=O)NC(Cc1cnc[nH]1)C(=O)NC(CS)C(=O)O. The predicted octanol–water partition coefficient (Wildman–Crippen LogP) is -1.65. The Labute approximate surface area is 228 Å². The van der Waals surface area contributed by atoms with Gasteiger partial charge in [-0.05, 0) is 11.6 Å². The molecule has 4 atom stereocenters. The first-order chi connectivity index (χ1) is 18.6. The van der Waals surface area contributed by atoms with Crippen molar-refractivity contribution in [3.8, 4) is 0 Å². The summed E-state index contributed by atoms with van der Waals surface area (Å²) in [5, 5.41) is 17.6. The van der Waals surface area contributed by atoms with E-state index < -0.39 is 60.2 Å². The maximum absolute atomic E-state index is 13.5. The highest BCUT2D eigenvalue weighted by atomic mass is 32.1. The molecule has 0 aliphatic rings. The number of nitrogens with zero attached hydrogens (tertiary/aromatic N) is 1. The van der Waals surface area contributed by atoms with Gasteiger partial charge in [-0.3, -0.25) is 19.2 Å². The number of aliphatic carboxylic acids is 1. The lowest BCUT2D eigenvalue weighted by molar-refractivity contribution is -0.141. The Balaban J connectivity index is 1.86. The smallest absolute Gasteiger partial charge is 0.327 e. The van der Waals surface area contributed by atoms with Crippen LogP contribution in [0.15, 0.2) is 43.0 Å². The molecule has 1 aromatic carbocycles. The Morgan fingerprint density at radius 3 is 2.21 bits per heavy atom. The highest BCUT2D eigenvalue weighted by Gasteiger charge is 2.31. The topological polar surface area (TPSA) is 238 Å². The zero-order valence-corrected chi connectivity index (χ0v) is 21.6. The van der Waals surface area contributed by atoms with Crippen LogP contribution >= 0.6 is 12.6 Å². The van der Waals surface area contributed by atoms with Crippen LogP contribution in [0.5, 0.6) is 0 Å². The van der Waals surface area contributed by atoms with Gasteiger partial charge in [-0.2, -0.15) is 12.6 Å². The second-order valence-electron chi connectivity index (χ2n) is 8.83. The number of nitrogens with one attached hydrogen (secondary N) is 5. The van der Waals surface area contributed by atoms with Crippen molar-refractivity contribution < 1.29 is 29.1 Å². The van der Waals surface area contributed by atoms with Gasteiger partial charge < -0.3 is 42.5 Å². The molecule has 0 bridgehead atoms. The third-order valence-electron chi connectivity index (χ3n) is 5.90. The van der Waals surface area contributed by atoms with Gasteiger partial charge >= 0.3 is 5.97 Å². The predicted molar refractivity (Wildman–Crippen MR) is 143 cm³/mol. The number of hydrogen-bond donors (Lipinski definition) is 9. The van der Waals surface area contributed by atoms with Gasteiger partial charge in [0.15, 0.2) is 0 Å². The zero-order chi connectivity index (χ0) is 28.5. The lowest BCUT2D eigenvalue weighted by atomic mass is 10.0. The molecule has 0 fully saturated rings. The normalized spacial score (nSPS) is 14.1. The molecular weight excluding hydrogens is 528 g/mol. The van der Waals surface area contributed by atoms with Gasteiger partial charge in [0.2, 0.25) is 23.6 Å². The summed E-state index contributed by atoms with van der Waals surface area (Å²) in [6.07, 6.45) is 4.06. The van der Waals surface area contributed by atoms with Crippen LogP contribution in [0.4, 0.5) is 0 Å². The molecule has 0 spiro atoms. The number of imidazole rings is 1. The maximum Gasteiger partial charge on any atom is 0.327 e. The molecule has 10 N–H and O–H groups in total. The van der Waals surface area contributed by atoms with Crippen LogP contribution in [-0.2, 0) is 36.8 Å². The first kappa shape index (κ1) is 29.2. The fraction of sp³-hybridized carbons (Fsp3) is 0.333. The fourth-order valence-corrected chi connectivity index (χ4v) is 4.12. The highest BCUT2D eigenvalue weighted by molar-refractivity contribution is 7.80. The van der Waals surface area contributed by atoms with Crippen LogP contribution in [-0.4, -0.2) is 79.6 Å². The molecule has 0 saturated heterocycles. The standard InChI is InChI=1S/C24H30N8O6S/c25-15(7-20(26)33)21(34)30-17(5-12-8-28-16-4-2-1-3-14(12)16)22(35)31-18(6-13-9-27-11-29-13)23(36)32-19(10-39)24(37)38/h1-4,8-9,11,15,17-19,28,39H,5-7,10,25H2,(H2,26,33)(H,27,29)(H,30,34)(H,31,35)(H,32,36)(H,37,38). The van der Waals surface area contributed by atoms with E-state index in [1.807, 2.05) is 24.3 Å². The van der Waals surface area contributed by atoms with E-state index in [2.05, 4.69) is 43.5 Å². The molecule has 2 heterocycles. The van der Waals surface area contributed by atoms with Crippen molar-refractivity contribution in [2.45, 2.75) is 43.4 Å². The molecule has 39 heavy (non-hydrogen) atoms. The first-order valence-electron chi connectivity index (χ1n) is 11.9. The Bertz CT molecular complexity index is 1330. The minimum absolute atomic E-state index is 0.0116. The number of H-pyrrole nitrogens is 2. The quantitative estimate of drug-likeness (QED) is 0.104. The van der Waals surface area contributed by atoms with E-state index in [4.69, 9.17) is 11.5 Å². The second kappa shape index (κ2) is 13.4. The summed E-state index contributed by atoms with van der Waals surface area (Å²) in [5.41, 5.74) is 12.9. The van der Waals surface area contributed by atoms with E-state index in [9.17, 15) is 29.1 Å². The average molecular weight is 559 g/mol. The van der Waals surface area contributed by atoms with Gasteiger partial charge in [0.25, 0.3) is 0 Å². The van der Waals surface area contributed by atoms with E-state index in [0.29, 0.717) is 11.3 Å². The molecule has 3 rings (SSSR count). The number of carbonyl (C=O) groups is 5. The summed E-state index contributed by atoms with van der Waals surface area (Å²) in [6.45, 7) is 0. The fourth-order valence-electron chi connectivity index (χ4n) is 3.87. The molecule has 4 amide bonds. The molecule has 3 aromatic rings. The van der Waals surface area contributed by atoms with Crippen LogP contribution in [0.2, 0.25) is 0 Å². The molecular formula is C24H30N8O6S. The number of hydrogen-bond acceptors (Lipinski definition) is 8. The summed E-state index contributed by atoms with van der Waals surface area (Å²) in [7, 11) is 0. The Hall–Kier alpha value is -4.37. The molecule has 0 aliphatic heterocycles. The molecule has 2 aromatic heterocycles. The van der Waals surface area contributed by atoms with Gasteiger partial charge in [-0.15, -0.1) is 0 Å². The number of benzene rings is 1. The number of carbonyl (C=O) groups excluding carboxylic acids is 4. The number of nitrogens with two attached hydrogens (primary N) is 2. The number of primary amides is 1. The van der Waals surface area contributed by atoms with Crippen LogP contribution in [0, 0.1) is 0 Å².